The first kappa shape index (κ1) is 27.6. The number of unbranched alkanes of at least 4 members (excludes halogenated alkanes) is 1. The number of guanidine groups is 1. The van der Waals surface area contributed by atoms with Crippen LogP contribution in [0.5, 0.6) is 0 Å². The normalized spacial score (nSPS) is 12.8. The van der Waals surface area contributed by atoms with E-state index in [1.807, 2.05) is 0 Å². The van der Waals surface area contributed by atoms with E-state index in [1.54, 1.807) is 0 Å². The Morgan fingerprint density at radius 2 is 1.57 bits per heavy atom. The second-order valence-corrected chi connectivity index (χ2v) is 5.54. The Labute approximate surface area is 159 Å². The number of halogens is 3. The van der Waals surface area contributed by atoms with Gasteiger partial charge in [-0.1, -0.05) is 0 Å². The first-order valence-corrected chi connectivity index (χ1v) is 8.17. The maximum atomic E-state index is 11.8. The van der Waals surface area contributed by atoms with Crippen LogP contribution in [0, 0.1) is 0 Å². The lowest BCUT2D eigenvalue weighted by atomic mass is 10.1. The molecule has 0 aliphatic carbocycles. The summed E-state index contributed by atoms with van der Waals surface area (Å²) in [5.74, 6) is -4.33. The second kappa shape index (κ2) is 14.4. The molecule has 28 heavy (non-hydrogen) atoms. The molecule has 0 aromatic heterocycles. The van der Waals surface area contributed by atoms with Gasteiger partial charge in [0.25, 0.3) is 0 Å². The average Bonchev–Trinajstić information content (AvgIpc) is 2.56. The molecule has 0 saturated heterocycles. The number of carboxylic acid groups (broad SMARTS) is 2. The van der Waals surface area contributed by atoms with E-state index >= 15 is 0 Å². The highest BCUT2D eigenvalue weighted by molar-refractivity contribution is 5.86. The van der Waals surface area contributed by atoms with Crippen molar-refractivity contribution in [1.29, 1.82) is 0 Å². The molecule has 11 nitrogen and oxygen atoms in total. The van der Waals surface area contributed by atoms with Crippen LogP contribution < -0.4 is 28.3 Å². The van der Waals surface area contributed by atoms with Crippen LogP contribution >= 0.6 is 0 Å². The molecule has 0 aliphatic rings. The molecule has 14 heteroatoms. The Bertz CT molecular complexity index is 526. The lowest BCUT2D eigenvalue weighted by Gasteiger charge is -2.17. The number of nitrogens with one attached hydrogen (secondary N) is 1. The number of nitrogens with two attached hydrogens (primary N) is 4. The number of carboxylic acids is 2. The van der Waals surface area contributed by atoms with E-state index in [-0.39, 0.29) is 5.96 Å². The summed E-state index contributed by atoms with van der Waals surface area (Å²) in [7, 11) is 0. The molecule has 0 heterocycles. The number of amides is 1. The van der Waals surface area contributed by atoms with Crippen LogP contribution in [0.3, 0.4) is 0 Å². The Balaban J connectivity index is 0. The highest BCUT2D eigenvalue weighted by atomic mass is 19.4. The van der Waals surface area contributed by atoms with Gasteiger partial charge in [0.1, 0.15) is 6.04 Å². The van der Waals surface area contributed by atoms with E-state index < -0.39 is 36.1 Å². The first-order chi connectivity index (χ1) is 12.8. The van der Waals surface area contributed by atoms with Crippen molar-refractivity contribution >= 4 is 23.8 Å². The molecule has 0 rings (SSSR count). The quantitative estimate of drug-likeness (QED) is 0.121. The fraction of sp³-hybridized carbons (Fsp3) is 0.714. The van der Waals surface area contributed by atoms with Crippen molar-refractivity contribution in [1.82, 2.24) is 5.32 Å². The zero-order valence-electron chi connectivity index (χ0n) is 15.1. The molecule has 0 fully saturated rings. The third-order valence-electron chi connectivity index (χ3n) is 3.11. The number of aliphatic carboxylic acids is 2. The van der Waals surface area contributed by atoms with Gasteiger partial charge in [0.05, 0.1) is 6.04 Å². The zero-order chi connectivity index (χ0) is 22.3. The van der Waals surface area contributed by atoms with Crippen molar-refractivity contribution in [3.8, 4) is 0 Å². The minimum atomic E-state index is -5.08. The zero-order valence-corrected chi connectivity index (χ0v) is 15.1. The van der Waals surface area contributed by atoms with E-state index in [0.717, 1.165) is 0 Å². The van der Waals surface area contributed by atoms with Crippen molar-refractivity contribution in [3.05, 3.63) is 0 Å². The Morgan fingerprint density at radius 1 is 1.04 bits per heavy atom. The number of carbonyl (C=O) groups excluding carboxylic acids is 1. The predicted octanol–water partition coefficient (Wildman–Crippen LogP) is -1.30. The molecule has 11 N–H and O–H groups in total. The molecule has 2 atom stereocenters. The maximum absolute atomic E-state index is 11.8. The van der Waals surface area contributed by atoms with Gasteiger partial charge in [0.2, 0.25) is 5.91 Å². The number of aliphatic imine (C=N–C) groups is 1. The summed E-state index contributed by atoms with van der Waals surface area (Å²) in [6.07, 6.45) is -2.49. The van der Waals surface area contributed by atoms with Crippen LogP contribution in [0.1, 0.15) is 32.1 Å². The van der Waals surface area contributed by atoms with Gasteiger partial charge in [-0.3, -0.25) is 9.79 Å². The molecule has 0 bridgehead atoms. The van der Waals surface area contributed by atoms with Gasteiger partial charge in [-0.05, 0) is 38.6 Å². The summed E-state index contributed by atoms with van der Waals surface area (Å²) in [5.41, 5.74) is 21.4. The SMILES string of the molecule is NCCCCC(NC(=O)C(N)CCCN=C(N)N)C(=O)O.O=C(O)C(F)(F)F. The third kappa shape index (κ3) is 15.6. The molecule has 0 spiro atoms. The van der Waals surface area contributed by atoms with Gasteiger partial charge in [0.15, 0.2) is 5.96 Å². The number of alkyl halides is 3. The topological polar surface area (TPSA) is 220 Å². The monoisotopic (exact) mass is 416 g/mol. The molecule has 0 radical (unpaired) electrons. The van der Waals surface area contributed by atoms with Crippen LogP contribution in [-0.2, 0) is 14.4 Å². The molecule has 0 aliphatic heterocycles. The lowest BCUT2D eigenvalue weighted by Crippen LogP contribution is -2.48. The number of hydrogen-bond acceptors (Lipinski definition) is 6. The number of rotatable bonds is 11. The Hall–Kier alpha value is -2.61. The number of carbonyl (C=O) groups is 3. The average molecular weight is 416 g/mol. The van der Waals surface area contributed by atoms with Crippen LogP contribution in [-0.4, -0.2) is 65.4 Å². The van der Waals surface area contributed by atoms with E-state index in [2.05, 4.69) is 10.3 Å². The van der Waals surface area contributed by atoms with Crippen molar-refractivity contribution in [2.75, 3.05) is 13.1 Å². The smallest absolute Gasteiger partial charge is 0.480 e. The molecule has 2 unspecified atom stereocenters. The van der Waals surface area contributed by atoms with Gasteiger partial charge < -0.3 is 38.5 Å². The standard InChI is InChI=1S/C12H26N6O3.C2HF3O2/c13-6-2-1-5-9(11(20)21)18-10(19)8(14)4-3-7-17-12(15)16;3-2(4,5)1(6)7/h8-9H,1-7,13-14H2,(H,18,19)(H,20,21)(H4,15,16,17);(H,6,7). The Morgan fingerprint density at radius 3 is 1.96 bits per heavy atom. The van der Waals surface area contributed by atoms with Gasteiger partial charge >= 0.3 is 18.1 Å². The van der Waals surface area contributed by atoms with Crippen molar-refractivity contribution in [2.45, 2.75) is 50.4 Å². The summed E-state index contributed by atoms with van der Waals surface area (Å²) in [5, 5.41) is 18.6. The Kier molecular flexibility index (Phi) is 14.2. The molecule has 0 aromatic carbocycles. The van der Waals surface area contributed by atoms with E-state index in [0.29, 0.717) is 45.2 Å². The summed E-state index contributed by atoms with van der Waals surface area (Å²) in [6, 6.07) is -1.72. The molecule has 164 valence electrons. The largest absolute Gasteiger partial charge is 0.490 e. The highest BCUT2D eigenvalue weighted by Gasteiger charge is 2.38. The third-order valence-corrected chi connectivity index (χ3v) is 3.11. The van der Waals surface area contributed by atoms with Crippen LogP contribution in [0.25, 0.3) is 0 Å². The number of hydrogen-bond donors (Lipinski definition) is 7. The maximum Gasteiger partial charge on any atom is 0.490 e. The van der Waals surface area contributed by atoms with Crippen molar-refractivity contribution in [2.24, 2.45) is 27.9 Å². The van der Waals surface area contributed by atoms with Crippen molar-refractivity contribution in [3.63, 3.8) is 0 Å². The van der Waals surface area contributed by atoms with Gasteiger partial charge in [0, 0.05) is 6.54 Å². The summed E-state index contributed by atoms with van der Waals surface area (Å²) < 4.78 is 31.7. The van der Waals surface area contributed by atoms with E-state index in [4.69, 9.17) is 37.9 Å². The molecular weight excluding hydrogens is 389 g/mol. The van der Waals surface area contributed by atoms with Gasteiger partial charge in [-0.2, -0.15) is 13.2 Å². The summed E-state index contributed by atoms with van der Waals surface area (Å²) >= 11 is 0. The minimum absolute atomic E-state index is 0.0149. The fourth-order valence-electron chi connectivity index (χ4n) is 1.68. The minimum Gasteiger partial charge on any atom is -0.480 e. The van der Waals surface area contributed by atoms with Crippen molar-refractivity contribution < 1.29 is 37.8 Å². The van der Waals surface area contributed by atoms with Gasteiger partial charge in [-0.15, -0.1) is 0 Å². The second-order valence-electron chi connectivity index (χ2n) is 5.54. The van der Waals surface area contributed by atoms with Crippen LogP contribution in [0.2, 0.25) is 0 Å². The van der Waals surface area contributed by atoms with Crippen LogP contribution in [0.15, 0.2) is 4.99 Å². The molecule has 1 amide bonds. The predicted molar refractivity (Wildman–Crippen MR) is 94.0 cm³/mol. The summed E-state index contributed by atoms with van der Waals surface area (Å²) in [4.78, 5) is 35.5. The first-order valence-electron chi connectivity index (χ1n) is 8.17. The highest BCUT2D eigenvalue weighted by Crippen LogP contribution is 2.13. The fourth-order valence-corrected chi connectivity index (χ4v) is 1.68. The summed E-state index contributed by atoms with van der Waals surface area (Å²) in [6.45, 7) is 0.868. The van der Waals surface area contributed by atoms with Crippen LogP contribution in [0.4, 0.5) is 13.2 Å². The molecular formula is C14H27F3N6O5. The van der Waals surface area contributed by atoms with E-state index in [1.165, 1.54) is 0 Å². The number of nitrogens with zero attached hydrogens (tertiary/aromatic N) is 1. The molecule has 0 aromatic rings. The van der Waals surface area contributed by atoms with E-state index in [9.17, 15) is 22.8 Å². The molecule has 0 saturated carbocycles. The van der Waals surface area contributed by atoms with Gasteiger partial charge in [-0.25, -0.2) is 9.59 Å². The lowest BCUT2D eigenvalue weighted by molar-refractivity contribution is -0.192.